The molecule has 3 atom stereocenters. The maximum atomic E-state index is 14.6. The number of allylic oxidation sites excluding steroid dienone is 1. The highest BCUT2D eigenvalue weighted by Crippen LogP contribution is 2.54. The number of hydrogen-bond donors (Lipinski definition) is 1. The van der Waals surface area contributed by atoms with Crippen LogP contribution in [-0.2, 0) is 10.3 Å². The molecule has 1 saturated carbocycles. The summed E-state index contributed by atoms with van der Waals surface area (Å²) in [6, 6.07) is 16.1. The number of ketones is 1. The van der Waals surface area contributed by atoms with Crippen LogP contribution in [-0.4, -0.2) is 57.6 Å². The molecule has 8 nitrogen and oxygen atoms in total. The van der Waals surface area contributed by atoms with E-state index in [0.717, 1.165) is 24.2 Å². The van der Waals surface area contributed by atoms with Crippen LogP contribution in [0.1, 0.15) is 27.0 Å². The van der Waals surface area contributed by atoms with E-state index in [2.05, 4.69) is 21.4 Å². The van der Waals surface area contributed by atoms with Crippen molar-refractivity contribution in [1.82, 2.24) is 25.1 Å². The number of piperidine rings is 1. The Bertz CT molecular complexity index is 1350. The molecule has 0 bridgehead atoms. The van der Waals surface area contributed by atoms with Crippen molar-refractivity contribution in [3.63, 3.8) is 0 Å². The van der Waals surface area contributed by atoms with Gasteiger partial charge in [-0.05, 0) is 71.5 Å². The van der Waals surface area contributed by atoms with Gasteiger partial charge in [0.1, 0.15) is 5.82 Å². The van der Waals surface area contributed by atoms with E-state index in [0.29, 0.717) is 28.8 Å². The first-order valence-electron chi connectivity index (χ1n) is 11.9. The minimum absolute atomic E-state index is 0.0340. The average molecular weight is 477 g/mol. The van der Waals surface area contributed by atoms with Gasteiger partial charge in [-0.25, -0.2) is 0 Å². The highest BCUT2D eigenvalue weighted by molar-refractivity contribution is 6.06. The minimum atomic E-state index is -1.16. The van der Waals surface area contributed by atoms with Crippen LogP contribution < -0.4 is 5.32 Å². The number of likely N-dealkylation sites (N-methyl/N-ethyl adjacent to an activating group) is 1. The first-order chi connectivity index (χ1) is 17.6. The first-order valence-corrected chi connectivity index (χ1v) is 11.9. The van der Waals surface area contributed by atoms with E-state index in [1.54, 1.807) is 55.1 Å². The molecule has 3 aliphatic rings. The van der Waals surface area contributed by atoms with Crippen molar-refractivity contribution < 1.29 is 9.59 Å². The van der Waals surface area contributed by atoms with Gasteiger partial charge in [0.15, 0.2) is 11.3 Å². The second kappa shape index (κ2) is 8.40. The Morgan fingerprint density at radius 2 is 1.56 bits per heavy atom. The van der Waals surface area contributed by atoms with Crippen LogP contribution in [0.2, 0.25) is 0 Å². The number of amides is 1. The van der Waals surface area contributed by atoms with E-state index < -0.39 is 5.54 Å². The van der Waals surface area contributed by atoms with Gasteiger partial charge in [-0.15, -0.1) is 0 Å². The van der Waals surface area contributed by atoms with Crippen LogP contribution in [0.5, 0.6) is 0 Å². The number of fused-ring (bicyclic) bond motifs is 1. The van der Waals surface area contributed by atoms with Crippen molar-refractivity contribution >= 4 is 11.7 Å². The Labute approximate surface area is 208 Å². The van der Waals surface area contributed by atoms with Gasteiger partial charge in [-0.2, -0.15) is 5.26 Å². The van der Waals surface area contributed by atoms with Gasteiger partial charge in [-0.3, -0.25) is 24.5 Å². The summed E-state index contributed by atoms with van der Waals surface area (Å²) in [4.78, 5) is 40.1. The molecule has 1 aromatic carbocycles. The smallest absolute Gasteiger partial charge is 0.263 e. The zero-order valence-electron chi connectivity index (χ0n) is 19.7. The van der Waals surface area contributed by atoms with Gasteiger partial charge in [0.05, 0.1) is 11.6 Å². The molecule has 2 saturated heterocycles. The van der Waals surface area contributed by atoms with E-state index in [9.17, 15) is 9.59 Å². The highest BCUT2D eigenvalue weighted by atomic mass is 16.2. The second-order valence-corrected chi connectivity index (χ2v) is 9.45. The maximum absolute atomic E-state index is 14.6. The molecule has 1 amide bonds. The van der Waals surface area contributed by atoms with Gasteiger partial charge < -0.3 is 10.2 Å². The molecule has 0 unspecified atom stereocenters. The Morgan fingerprint density at radius 3 is 2.08 bits per heavy atom. The number of benzene rings is 1. The predicted octanol–water partition coefficient (Wildman–Crippen LogP) is 2.31. The van der Waals surface area contributed by atoms with Gasteiger partial charge in [0, 0.05) is 62.6 Å². The Hall–Kier alpha value is -4.35. The van der Waals surface area contributed by atoms with Crippen molar-refractivity contribution in [3.8, 4) is 6.07 Å². The summed E-state index contributed by atoms with van der Waals surface area (Å²) in [5.41, 5.74) is 1.35. The number of pyridine rings is 2. The molecular formula is C28H24N6O2. The third-order valence-corrected chi connectivity index (χ3v) is 7.72. The van der Waals surface area contributed by atoms with E-state index in [4.69, 9.17) is 5.26 Å². The van der Waals surface area contributed by atoms with Crippen LogP contribution in [0.3, 0.4) is 0 Å². The number of carbonyl (C=O) groups is 2. The molecule has 0 radical (unpaired) electrons. The summed E-state index contributed by atoms with van der Waals surface area (Å²) < 4.78 is 0. The van der Waals surface area contributed by atoms with Crippen molar-refractivity contribution in [2.45, 2.75) is 11.6 Å². The van der Waals surface area contributed by atoms with Crippen molar-refractivity contribution in [2.75, 3.05) is 20.1 Å². The van der Waals surface area contributed by atoms with E-state index >= 15 is 0 Å². The van der Waals surface area contributed by atoms with Crippen LogP contribution in [0.25, 0.3) is 0 Å². The lowest BCUT2D eigenvalue weighted by Crippen LogP contribution is -2.46. The summed E-state index contributed by atoms with van der Waals surface area (Å²) >= 11 is 0. The lowest BCUT2D eigenvalue weighted by atomic mass is 9.82. The highest BCUT2D eigenvalue weighted by Gasteiger charge is 2.65. The fraction of sp³-hybridized carbons (Fsp3) is 0.250. The second-order valence-electron chi connectivity index (χ2n) is 9.45. The number of nitrogens with one attached hydrogen (secondary N) is 1. The molecular weight excluding hydrogens is 452 g/mol. The molecule has 178 valence electrons. The van der Waals surface area contributed by atoms with Crippen molar-refractivity contribution in [2.24, 2.45) is 11.8 Å². The van der Waals surface area contributed by atoms with Crippen LogP contribution in [0.15, 0.2) is 85.2 Å². The summed E-state index contributed by atoms with van der Waals surface area (Å²) in [5.74, 6) is 0.995. The number of carbonyl (C=O) groups excluding carboxylic acids is 2. The maximum Gasteiger partial charge on any atom is 0.263 e. The van der Waals surface area contributed by atoms with Crippen LogP contribution >= 0.6 is 0 Å². The zero-order chi connectivity index (χ0) is 24.9. The van der Waals surface area contributed by atoms with E-state index in [1.807, 2.05) is 41.1 Å². The van der Waals surface area contributed by atoms with E-state index in [1.165, 1.54) is 0 Å². The third-order valence-electron chi connectivity index (χ3n) is 7.72. The molecule has 0 spiro atoms. The summed E-state index contributed by atoms with van der Waals surface area (Å²) in [5, 5.41) is 12.5. The monoisotopic (exact) mass is 476 g/mol. The van der Waals surface area contributed by atoms with Gasteiger partial charge in [-0.1, -0.05) is 0 Å². The standard InChI is InChI=1S/C28H24N6O2/c1-33-25(14-24(35)19-4-2-18(15-29)3-5-19)34(26-22-16-32-17-23(22)26)27(36)28(33,20-6-10-30-11-7-20)21-8-12-31-13-9-21/h2-14,22-23,26,32H,16-17H2,1H3/t22-,23+,26+. The first kappa shape index (κ1) is 22.1. The van der Waals surface area contributed by atoms with E-state index in [-0.39, 0.29) is 17.7 Å². The van der Waals surface area contributed by atoms with Crippen molar-refractivity contribution in [3.05, 3.63) is 107 Å². The zero-order valence-corrected chi connectivity index (χ0v) is 19.7. The number of aromatic nitrogens is 2. The Kier molecular flexibility index (Phi) is 5.16. The Balaban J connectivity index is 1.51. The lowest BCUT2D eigenvalue weighted by Gasteiger charge is -2.35. The fourth-order valence-corrected chi connectivity index (χ4v) is 5.88. The molecule has 2 aromatic heterocycles. The summed E-state index contributed by atoms with van der Waals surface area (Å²) in [6.45, 7) is 1.72. The van der Waals surface area contributed by atoms with Gasteiger partial charge in [0.2, 0.25) is 0 Å². The quantitative estimate of drug-likeness (QED) is 0.445. The molecule has 4 heterocycles. The normalized spacial score (nSPS) is 25.1. The number of nitriles is 1. The van der Waals surface area contributed by atoms with Crippen LogP contribution in [0.4, 0.5) is 0 Å². The van der Waals surface area contributed by atoms with Crippen LogP contribution in [0, 0.1) is 23.2 Å². The van der Waals surface area contributed by atoms with Crippen molar-refractivity contribution in [1.29, 1.82) is 5.26 Å². The van der Waals surface area contributed by atoms with Gasteiger partial charge in [0.25, 0.3) is 5.91 Å². The lowest BCUT2D eigenvalue weighted by molar-refractivity contribution is -0.132. The largest absolute Gasteiger partial charge is 0.339 e. The molecule has 3 aromatic rings. The SMILES string of the molecule is CN1C(=CC(=O)c2ccc(C#N)cc2)N([C@H]2[C@@H]3CNC[C@@H]32)C(=O)C1(c1ccncc1)c1ccncc1. The molecule has 6 rings (SSSR count). The average Bonchev–Trinajstić information content (AvgIpc) is 3.27. The molecule has 1 N–H and O–H groups in total. The molecule has 36 heavy (non-hydrogen) atoms. The molecule has 1 aliphatic carbocycles. The number of hydrogen-bond acceptors (Lipinski definition) is 7. The predicted molar refractivity (Wildman–Crippen MR) is 131 cm³/mol. The topological polar surface area (TPSA) is 102 Å². The molecule has 3 fully saturated rings. The molecule has 2 aliphatic heterocycles. The van der Waals surface area contributed by atoms with Gasteiger partial charge >= 0.3 is 0 Å². The summed E-state index contributed by atoms with van der Waals surface area (Å²) in [7, 11) is 1.87. The molecule has 8 heteroatoms. The fourth-order valence-electron chi connectivity index (χ4n) is 5.88. The third kappa shape index (κ3) is 3.17. The number of nitrogens with zero attached hydrogens (tertiary/aromatic N) is 5. The minimum Gasteiger partial charge on any atom is -0.339 e. The number of rotatable bonds is 5. The summed E-state index contributed by atoms with van der Waals surface area (Å²) in [6.07, 6.45) is 8.30. The Morgan fingerprint density at radius 1 is 1.00 bits per heavy atom.